The van der Waals surface area contributed by atoms with Gasteiger partial charge in [-0.15, -0.1) is 0 Å². The molecule has 0 radical (unpaired) electrons. The van der Waals surface area contributed by atoms with Crippen LogP contribution in [-0.2, 0) is 4.74 Å². The average Bonchev–Trinajstić information content (AvgIpc) is 2.53. The van der Waals surface area contributed by atoms with E-state index in [0.29, 0.717) is 5.56 Å². The number of carbonyl (C=O) groups excluding carboxylic acids is 2. The minimum Gasteiger partial charge on any atom is -0.465 e. The molecule has 1 unspecified atom stereocenters. The van der Waals surface area contributed by atoms with Crippen molar-refractivity contribution in [3.05, 3.63) is 64.7 Å². The van der Waals surface area contributed by atoms with Gasteiger partial charge in [-0.3, -0.25) is 4.79 Å². The van der Waals surface area contributed by atoms with Crippen molar-refractivity contribution in [2.75, 3.05) is 12.4 Å². The number of halogens is 2. The summed E-state index contributed by atoms with van der Waals surface area (Å²) in [7, 11) is 1.17. The van der Waals surface area contributed by atoms with Crippen LogP contribution < -0.4 is 5.32 Å². The monoisotopic (exact) mass is 317 g/mol. The zero-order chi connectivity index (χ0) is 16.6. The molecule has 0 aliphatic carbocycles. The van der Waals surface area contributed by atoms with Gasteiger partial charge in [-0.1, -0.05) is 12.1 Å². The molecule has 118 valence electrons. The number of methoxy groups -OCH3 is 1. The molecular formula is C17H13F2NO3. The summed E-state index contributed by atoms with van der Waals surface area (Å²) in [4.78, 5) is 24.2. The van der Waals surface area contributed by atoms with Crippen LogP contribution in [0.5, 0.6) is 0 Å². The highest BCUT2D eigenvalue weighted by atomic mass is 19.1. The maximum atomic E-state index is 13.8. The number of Topliss-reactive ketones (excluding diaryl/α,β-unsaturated/α-hetero) is 1. The van der Waals surface area contributed by atoms with Gasteiger partial charge in [-0.2, -0.15) is 0 Å². The Morgan fingerprint density at radius 1 is 1.17 bits per heavy atom. The highest BCUT2D eigenvalue weighted by molar-refractivity contribution is 6.11. The molecule has 1 N–H and O–H groups in total. The minimum atomic E-state index is -0.767. The summed E-state index contributed by atoms with van der Waals surface area (Å²) in [6.07, 6.45) is 0.0776. The van der Waals surface area contributed by atoms with Crippen LogP contribution in [0.4, 0.5) is 14.5 Å². The van der Waals surface area contributed by atoms with Crippen molar-refractivity contribution in [2.24, 2.45) is 0 Å². The van der Waals surface area contributed by atoms with Gasteiger partial charge in [0, 0.05) is 12.1 Å². The quantitative estimate of drug-likeness (QED) is 0.862. The van der Waals surface area contributed by atoms with Crippen LogP contribution in [-0.4, -0.2) is 18.9 Å². The standard InChI is InChI=1S/C17H13F2NO3/c1-23-17(22)12-6-11(19)7-14-16(12)15(21)8-13(20-14)9-2-4-10(18)5-3-9/h2-7,13,20H,8H2,1H3. The van der Waals surface area contributed by atoms with Crippen LogP contribution in [0, 0.1) is 11.6 Å². The first kappa shape index (κ1) is 15.1. The normalized spacial score (nSPS) is 16.5. The number of benzene rings is 2. The van der Waals surface area contributed by atoms with Crippen molar-refractivity contribution in [3.63, 3.8) is 0 Å². The Kier molecular flexibility index (Phi) is 3.82. The van der Waals surface area contributed by atoms with Gasteiger partial charge < -0.3 is 10.1 Å². The topological polar surface area (TPSA) is 55.4 Å². The van der Waals surface area contributed by atoms with E-state index in [4.69, 9.17) is 0 Å². The molecule has 0 bridgehead atoms. The van der Waals surface area contributed by atoms with E-state index in [1.807, 2.05) is 0 Å². The zero-order valence-electron chi connectivity index (χ0n) is 12.2. The number of hydrogen-bond donors (Lipinski definition) is 1. The fraction of sp³-hybridized carbons (Fsp3) is 0.176. The minimum absolute atomic E-state index is 0.0776. The van der Waals surface area contributed by atoms with Gasteiger partial charge in [-0.05, 0) is 29.8 Å². The van der Waals surface area contributed by atoms with Crippen LogP contribution in [0.3, 0.4) is 0 Å². The van der Waals surface area contributed by atoms with Crippen molar-refractivity contribution >= 4 is 17.4 Å². The van der Waals surface area contributed by atoms with E-state index in [1.54, 1.807) is 12.1 Å². The molecule has 0 amide bonds. The molecule has 0 spiro atoms. The predicted molar refractivity (Wildman–Crippen MR) is 79.5 cm³/mol. The molecule has 6 heteroatoms. The molecule has 1 aliphatic heterocycles. The number of rotatable bonds is 2. The average molecular weight is 317 g/mol. The summed E-state index contributed by atoms with van der Waals surface area (Å²) in [5.74, 6) is -2.09. The smallest absolute Gasteiger partial charge is 0.338 e. The van der Waals surface area contributed by atoms with Gasteiger partial charge in [0.15, 0.2) is 5.78 Å². The van der Waals surface area contributed by atoms with Crippen molar-refractivity contribution < 1.29 is 23.1 Å². The number of ether oxygens (including phenoxy) is 1. The zero-order valence-corrected chi connectivity index (χ0v) is 12.2. The molecule has 1 aliphatic rings. The summed E-state index contributed by atoms with van der Waals surface area (Å²) >= 11 is 0. The molecule has 0 aromatic heterocycles. The van der Waals surface area contributed by atoms with Crippen LogP contribution in [0.25, 0.3) is 0 Å². The van der Waals surface area contributed by atoms with Crippen LogP contribution in [0.1, 0.15) is 38.7 Å². The SMILES string of the molecule is COC(=O)c1cc(F)cc2c1C(=O)CC(c1ccc(F)cc1)N2. The second-order valence-corrected chi connectivity index (χ2v) is 5.24. The van der Waals surface area contributed by atoms with Crippen molar-refractivity contribution in [1.82, 2.24) is 0 Å². The van der Waals surface area contributed by atoms with Gasteiger partial charge in [0.2, 0.25) is 0 Å². The number of anilines is 1. The Labute approximate surface area is 131 Å². The molecular weight excluding hydrogens is 304 g/mol. The van der Waals surface area contributed by atoms with E-state index in [0.717, 1.165) is 12.1 Å². The number of hydrogen-bond acceptors (Lipinski definition) is 4. The molecule has 4 nitrogen and oxygen atoms in total. The Bertz CT molecular complexity index is 787. The largest absolute Gasteiger partial charge is 0.465 e. The third kappa shape index (κ3) is 2.79. The Hall–Kier alpha value is -2.76. The summed E-state index contributed by atoms with van der Waals surface area (Å²) < 4.78 is 31.4. The molecule has 23 heavy (non-hydrogen) atoms. The van der Waals surface area contributed by atoms with Gasteiger partial charge in [0.1, 0.15) is 11.6 Å². The third-order valence-electron chi connectivity index (χ3n) is 3.78. The number of nitrogens with one attached hydrogen (secondary N) is 1. The van der Waals surface area contributed by atoms with Gasteiger partial charge in [0.25, 0.3) is 0 Å². The maximum absolute atomic E-state index is 13.8. The summed E-state index contributed by atoms with van der Waals surface area (Å²) in [6, 6.07) is 7.45. The molecule has 0 saturated carbocycles. The maximum Gasteiger partial charge on any atom is 0.338 e. The number of carbonyl (C=O) groups is 2. The highest BCUT2D eigenvalue weighted by Gasteiger charge is 2.31. The number of esters is 1. The van der Waals surface area contributed by atoms with Gasteiger partial charge in [-0.25, -0.2) is 13.6 Å². The summed E-state index contributed by atoms with van der Waals surface area (Å²) in [5.41, 5.74) is 0.958. The fourth-order valence-corrected chi connectivity index (χ4v) is 2.71. The Balaban J connectivity index is 2.03. The Morgan fingerprint density at radius 3 is 2.52 bits per heavy atom. The predicted octanol–water partition coefficient (Wildman–Crippen LogP) is 3.49. The first-order valence-electron chi connectivity index (χ1n) is 6.96. The molecule has 2 aromatic rings. The van der Waals surface area contributed by atoms with Gasteiger partial charge in [0.05, 0.1) is 24.3 Å². The first-order chi connectivity index (χ1) is 11.0. The van der Waals surface area contributed by atoms with E-state index in [2.05, 4.69) is 10.1 Å². The molecule has 0 saturated heterocycles. The Morgan fingerprint density at radius 2 is 1.87 bits per heavy atom. The van der Waals surface area contributed by atoms with Crippen LogP contribution in [0.2, 0.25) is 0 Å². The molecule has 1 atom stereocenters. The van der Waals surface area contributed by atoms with Crippen LogP contribution in [0.15, 0.2) is 36.4 Å². The molecule has 3 rings (SSSR count). The fourth-order valence-electron chi connectivity index (χ4n) is 2.71. The lowest BCUT2D eigenvalue weighted by Gasteiger charge is -2.27. The van der Waals surface area contributed by atoms with Crippen molar-refractivity contribution in [3.8, 4) is 0 Å². The number of fused-ring (bicyclic) bond motifs is 1. The van der Waals surface area contributed by atoms with Gasteiger partial charge >= 0.3 is 5.97 Å². The highest BCUT2D eigenvalue weighted by Crippen LogP contribution is 2.35. The van der Waals surface area contributed by atoms with E-state index >= 15 is 0 Å². The first-order valence-corrected chi connectivity index (χ1v) is 6.96. The molecule has 0 fully saturated rings. The lowest BCUT2D eigenvalue weighted by atomic mass is 9.89. The lowest BCUT2D eigenvalue weighted by molar-refractivity contribution is 0.0596. The van der Waals surface area contributed by atoms with E-state index in [-0.39, 0.29) is 34.8 Å². The number of ketones is 1. The van der Waals surface area contributed by atoms with E-state index in [1.165, 1.54) is 19.2 Å². The molecule has 1 heterocycles. The second-order valence-electron chi connectivity index (χ2n) is 5.24. The van der Waals surface area contributed by atoms with E-state index in [9.17, 15) is 18.4 Å². The van der Waals surface area contributed by atoms with Crippen LogP contribution >= 0.6 is 0 Å². The summed E-state index contributed by atoms with van der Waals surface area (Å²) in [5, 5.41) is 3.03. The third-order valence-corrected chi connectivity index (χ3v) is 3.78. The molecule has 2 aromatic carbocycles. The summed E-state index contributed by atoms with van der Waals surface area (Å²) in [6.45, 7) is 0. The second kappa shape index (κ2) is 5.79. The van der Waals surface area contributed by atoms with E-state index < -0.39 is 17.8 Å². The van der Waals surface area contributed by atoms with Crippen molar-refractivity contribution in [2.45, 2.75) is 12.5 Å². The van der Waals surface area contributed by atoms with Crippen molar-refractivity contribution in [1.29, 1.82) is 0 Å². The lowest BCUT2D eigenvalue weighted by Crippen LogP contribution is -2.25.